The highest BCUT2D eigenvalue weighted by atomic mass is 32.1. The number of piperazine rings is 1. The van der Waals surface area contributed by atoms with Crippen molar-refractivity contribution in [1.82, 2.24) is 5.32 Å². The molecule has 1 N–H and O–H groups in total. The van der Waals surface area contributed by atoms with Crippen LogP contribution in [0.4, 0.5) is 5.69 Å². The number of thiophene rings is 1. The fraction of sp³-hybridized carbons (Fsp3) is 0.556. The van der Waals surface area contributed by atoms with Gasteiger partial charge in [0.2, 0.25) is 0 Å². The summed E-state index contributed by atoms with van der Waals surface area (Å²) in [4.78, 5) is 2.63. The highest BCUT2D eigenvalue weighted by molar-refractivity contribution is 7.17. The van der Waals surface area contributed by atoms with Crippen molar-refractivity contribution < 1.29 is 0 Å². The molecule has 0 amide bonds. The van der Waals surface area contributed by atoms with Gasteiger partial charge in [0, 0.05) is 35.6 Å². The summed E-state index contributed by atoms with van der Waals surface area (Å²) in [5, 5.41) is 7.31. The molecule has 1 aliphatic heterocycles. The van der Waals surface area contributed by atoms with E-state index in [1.165, 1.54) is 28.6 Å². The number of nitrogens with one attached hydrogen (secondary N) is 1. The Balaban J connectivity index is 1.84. The van der Waals surface area contributed by atoms with Gasteiger partial charge in [-0.05, 0) is 53.8 Å². The van der Waals surface area contributed by atoms with Crippen molar-refractivity contribution in [2.24, 2.45) is 5.92 Å². The average molecular weight is 302 g/mol. The van der Waals surface area contributed by atoms with E-state index in [9.17, 15) is 0 Å². The van der Waals surface area contributed by atoms with E-state index in [0.717, 1.165) is 19.0 Å². The Morgan fingerprint density at radius 2 is 2.19 bits per heavy atom. The van der Waals surface area contributed by atoms with Crippen molar-refractivity contribution >= 4 is 27.1 Å². The lowest BCUT2D eigenvalue weighted by Gasteiger charge is -2.42. The van der Waals surface area contributed by atoms with Crippen molar-refractivity contribution in [1.29, 1.82) is 0 Å². The minimum Gasteiger partial charge on any atom is -0.366 e. The highest BCUT2D eigenvalue weighted by Gasteiger charge is 2.27. The van der Waals surface area contributed by atoms with Crippen LogP contribution in [-0.2, 0) is 0 Å². The van der Waals surface area contributed by atoms with Gasteiger partial charge in [-0.2, -0.15) is 0 Å². The first-order valence-corrected chi connectivity index (χ1v) is 9.02. The van der Waals surface area contributed by atoms with Crippen LogP contribution in [0.5, 0.6) is 0 Å². The Morgan fingerprint density at radius 1 is 1.33 bits per heavy atom. The van der Waals surface area contributed by atoms with Crippen molar-refractivity contribution in [3.63, 3.8) is 0 Å². The van der Waals surface area contributed by atoms with Crippen LogP contribution in [0.15, 0.2) is 29.6 Å². The van der Waals surface area contributed by atoms with E-state index in [4.69, 9.17) is 0 Å². The summed E-state index contributed by atoms with van der Waals surface area (Å²) in [6.07, 6.45) is 2.46. The first-order valence-electron chi connectivity index (χ1n) is 8.14. The zero-order valence-electron chi connectivity index (χ0n) is 13.3. The van der Waals surface area contributed by atoms with E-state index in [1.54, 1.807) is 0 Å². The van der Waals surface area contributed by atoms with Gasteiger partial charge >= 0.3 is 0 Å². The van der Waals surface area contributed by atoms with Gasteiger partial charge < -0.3 is 10.2 Å². The molecule has 2 unspecified atom stereocenters. The summed E-state index contributed by atoms with van der Waals surface area (Å²) in [7, 11) is 0. The molecule has 1 fully saturated rings. The number of nitrogens with zero attached hydrogens (tertiary/aromatic N) is 1. The first-order chi connectivity index (χ1) is 10.2. The molecule has 0 aliphatic carbocycles. The topological polar surface area (TPSA) is 15.3 Å². The van der Waals surface area contributed by atoms with E-state index >= 15 is 0 Å². The Labute approximate surface area is 132 Å². The van der Waals surface area contributed by atoms with E-state index in [0.29, 0.717) is 12.1 Å². The van der Waals surface area contributed by atoms with Gasteiger partial charge in [0.1, 0.15) is 0 Å². The summed E-state index contributed by atoms with van der Waals surface area (Å²) < 4.78 is 1.39. The van der Waals surface area contributed by atoms with Gasteiger partial charge in [-0.3, -0.25) is 0 Å². The first kappa shape index (κ1) is 14.9. The predicted octanol–water partition coefficient (Wildman–Crippen LogP) is 4.50. The average Bonchev–Trinajstić information content (AvgIpc) is 2.94. The predicted molar refractivity (Wildman–Crippen MR) is 94.5 cm³/mol. The molecule has 0 bridgehead atoms. The Bertz CT molecular complexity index is 590. The molecule has 2 nitrogen and oxygen atoms in total. The Morgan fingerprint density at radius 3 is 2.95 bits per heavy atom. The molecule has 0 saturated carbocycles. The maximum Gasteiger partial charge on any atom is 0.0412 e. The second-order valence-electron chi connectivity index (χ2n) is 6.59. The van der Waals surface area contributed by atoms with E-state index in [-0.39, 0.29) is 0 Å². The van der Waals surface area contributed by atoms with Gasteiger partial charge in [0.25, 0.3) is 0 Å². The molecule has 1 aromatic heterocycles. The lowest BCUT2D eigenvalue weighted by atomic mass is 9.98. The van der Waals surface area contributed by atoms with Gasteiger partial charge in [-0.25, -0.2) is 0 Å². The molecule has 0 spiro atoms. The largest absolute Gasteiger partial charge is 0.366 e. The number of rotatable bonds is 4. The molecule has 1 saturated heterocycles. The third kappa shape index (κ3) is 3.24. The third-order valence-corrected chi connectivity index (χ3v) is 5.39. The minimum absolute atomic E-state index is 0.615. The molecule has 2 heterocycles. The van der Waals surface area contributed by atoms with Crippen molar-refractivity contribution in [3.8, 4) is 0 Å². The number of fused-ring (bicyclic) bond motifs is 1. The summed E-state index contributed by atoms with van der Waals surface area (Å²) in [6, 6.07) is 10.4. The van der Waals surface area contributed by atoms with Crippen LogP contribution in [0.2, 0.25) is 0 Å². The fourth-order valence-corrected chi connectivity index (χ4v) is 4.18. The van der Waals surface area contributed by atoms with Gasteiger partial charge in [0.05, 0.1) is 0 Å². The van der Waals surface area contributed by atoms with Crippen LogP contribution in [0, 0.1) is 5.92 Å². The number of hydrogen-bond acceptors (Lipinski definition) is 3. The molecule has 0 radical (unpaired) electrons. The smallest absolute Gasteiger partial charge is 0.0412 e. The summed E-state index contributed by atoms with van der Waals surface area (Å²) in [5.74, 6) is 0.752. The fourth-order valence-electron chi connectivity index (χ4n) is 3.40. The standard InChI is InChI=1S/C18H26N2S/c1-4-16-11-19-15(9-13(2)3)12-20(16)17-5-6-18-14(10-17)7-8-21-18/h5-8,10,13,15-16,19H,4,9,11-12H2,1-3H3. The molecule has 2 atom stereocenters. The lowest BCUT2D eigenvalue weighted by Crippen LogP contribution is -2.56. The number of hydrogen-bond donors (Lipinski definition) is 1. The molecular formula is C18H26N2S. The molecular weight excluding hydrogens is 276 g/mol. The molecule has 3 heteroatoms. The number of anilines is 1. The lowest BCUT2D eigenvalue weighted by molar-refractivity contribution is 0.343. The molecule has 1 aromatic carbocycles. The van der Waals surface area contributed by atoms with Crippen molar-refractivity contribution in [2.45, 2.75) is 45.7 Å². The van der Waals surface area contributed by atoms with E-state index < -0.39 is 0 Å². The second kappa shape index (κ2) is 6.37. The SMILES string of the molecule is CCC1CNC(CC(C)C)CN1c1ccc2sccc2c1. The zero-order chi connectivity index (χ0) is 14.8. The highest BCUT2D eigenvalue weighted by Crippen LogP contribution is 2.29. The van der Waals surface area contributed by atoms with E-state index in [2.05, 4.69) is 60.6 Å². The van der Waals surface area contributed by atoms with Gasteiger partial charge in [-0.15, -0.1) is 11.3 Å². The van der Waals surface area contributed by atoms with Crippen LogP contribution < -0.4 is 10.2 Å². The number of benzene rings is 1. The normalized spacial score (nSPS) is 23.1. The summed E-state index contributed by atoms with van der Waals surface area (Å²) >= 11 is 1.83. The summed E-state index contributed by atoms with van der Waals surface area (Å²) in [5.41, 5.74) is 1.39. The van der Waals surface area contributed by atoms with Crippen LogP contribution >= 0.6 is 11.3 Å². The molecule has 21 heavy (non-hydrogen) atoms. The Hall–Kier alpha value is -1.06. The molecule has 1 aliphatic rings. The maximum absolute atomic E-state index is 3.74. The summed E-state index contributed by atoms with van der Waals surface area (Å²) in [6.45, 7) is 9.16. The van der Waals surface area contributed by atoms with E-state index in [1.807, 2.05) is 11.3 Å². The van der Waals surface area contributed by atoms with Crippen LogP contribution in [-0.4, -0.2) is 25.2 Å². The second-order valence-corrected chi connectivity index (χ2v) is 7.54. The van der Waals surface area contributed by atoms with Crippen molar-refractivity contribution in [3.05, 3.63) is 29.6 Å². The van der Waals surface area contributed by atoms with Gasteiger partial charge in [0.15, 0.2) is 0 Å². The maximum atomic E-state index is 3.74. The molecule has 3 rings (SSSR count). The van der Waals surface area contributed by atoms with Crippen LogP contribution in [0.25, 0.3) is 10.1 Å². The third-order valence-electron chi connectivity index (χ3n) is 4.49. The Kier molecular flexibility index (Phi) is 4.51. The van der Waals surface area contributed by atoms with Crippen LogP contribution in [0.3, 0.4) is 0 Å². The van der Waals surface area contributed by atoms with Crippen molar-refractivity contribution in [2.75, 3.05) is 18.0 Å². The molecule has 2 aromatic rings. The van der Waals surface area contributed by atoms with Crippen LogP contribution in [0.1, 0.15) is 33.6 Å². The minimum atomic E-state index is 0.615. The van der Waals surface area contributed by atoms with Gasteiger partial charge in [-0.1, -0.05) is 20.8 Å². The monoisotopic (exact) mass is 302 g/mol. The molecule has 114 valence electrons. The zero-order valence-corrected chi connectivity index (χ0v) is 14.1. The quantitative estimate of drug-likeness (QED) is 0.894.